The molecular formula is C15H11FO3S. The van der Waals surface area contributed by atoms with Gasteiger partial charge in [0.1, 0.15) is 5.82 Å². The molecule has 1 aliphatic heterocycles. The number of fused-ring (bicyclic) bond motifs is 1. The minimum absolute atomic E-state index is 0.00220. The predicted molar refractivity (Wildman–Crippen MR) is 74.0 cm³/mol. The smallest absolute Gasteiger partial charge is 0.231 e. The van der Waals surface area contributed by atoms with Gasteiger partial charge in [0.05, 0.1) is 5.75 Å². The van der Waals surface area contributed by atoms with Crippen LogP contribution in [-0.4, -0.2) is 18.3 Å². The molecule has 2 aromatic rings. The van der Waals surface area contributed by atoms with Gasteiger partial charge in [0.25, 0.3) is 0 Å². The van der Waals surface area contributed by atoms with Crippen molar-refractivity contribution in [3.8, 4) is 11.5 Å². The fourth-order valence-corrected chi connectivity index (χ4v) is 2.63. The molecule has 1 heterocycles. The van der Waals surface area contributed by atoms with Crippen molar-refractivity contribution in [1.29, 1.82) is 0 Å². The molecule has 0 aliphatic carbocycles. The fourth-order valence-electron chi connectivity index (χ4n) is 1.83. The minimum Gasteiger partial charge on any atom is -0.454 e. The Morgan fingerprint density at radius 1 is 1.10 bits per heavy atom. The summed E-state index contributed by atoms with van der Waals surface area (Å²) in [5.41, 5.74) is 0.587. The maximum absolute atomic E-state index is 12.8. The second-order valence-corrected chi connectivity index (χ2v) is 5.28. The molecule has 3 nitrogen and oxygen atoms in total. The number of Topliss-reactive ketones (excluding diaryl/α,β-unsaturated/α-hetero) is 1. The van der Waals surface area contributed by atoms with Gasteiger partial charge < -0.3 is 9.47 Å². The Hall–Kier alpha value is -2.01. The van der Waals surface area contributed by atoms with Crippen molar-refractivity contribution in [2.24, 2.45) is 0 Å². The largest absolute Gasteiger partial charge is 0.454 e. The van der Waals surface area contributed by atoms with Crippen LogP contribution >= 0.6 is 11.8 Å². The van der Waals surface area contributed by atoms with E-state index in [-0.39, 0.29) is 18.4 Å². The Balaban J connectivity index is 1.66. The molecule has 20 heavy (non-hydrogen) atoms. The highest BCUT2D eigenvalue weighted by Gasteiger charge is 2.16. The van der Waals surface area contributed by atoms with Gasteiger partial charge in [-0.05, 0) is 42.5 Å². The molecular weight excluding hydrogens is 279 g/mol. The molecule has 0 spiro atoms. The van der Waals surface area contributed by atoms with Crippen molar-refractivity contribution in [3.63, 3.8) is 0 Å². The van der Waals surface area contributed by atoms with Crippen molar-refractivity contribution in [2.75, 3.05) is 12.5 Å². The zero-order valence-corrected chi connectivity index (χ0v) is 11.3. The van der Waals surface area contributed by atoms with E-state index in [2.05, 4.69) is 0 Å². The molecule has 0 amide bonds. The molecule has 0 atom stereocenters. The second-order valence-electron chi connectivity index (χ2n) is 4.23. The molecule has 0 saturated carbocycles. The van der Waals surface area contributed by atoms with Gasteiger partial charge in [0.2, 0.25) is 6.79 Å². The molecule has 0 unspecified atom stereocenters. The Labute approximate surface area is 119 Å². The number of benzene rings is 2. The first-order valence-electron chi connectivity index (χ1n) is 6.03. The van der Waals surface area contributed by atoms with Gasteiger partial charge in [-0.3, -0.25) is 4.79 Å². The normalized spacial score (nSPS) is 12.4. The summed E-state index contributed by atoms with van der Waals surface area (Å²) < 4.78 is 23.2. The van der Waals surface area contributed by atoms with Gasteiger partial charge in [0.15, 0.2) is 17.3 Å². The summed E-state index contributed by atoms with van der Waals surface area (Å²) in [5, 5.41) is 0. The molecule has 0 aromatic heterocycles. The van der Waals surface area contributed by atoms with Crippen LogP contribution < -0.4 is 9.47 Å². The fraction of sp³-hybridized carbons (Fsp3) is 0.133. The van der Waals surface area contributed by atoms with Gasteiger partial charge in [-0.15, -0.1) is 11.8 Å². The number of rotatable bonds is 4. The highest BCUT2D eigenvalue weighted by Crippen LogP contribution is 2.33. The van der Waals surface area contributed by atoms with Crippen LogP contribution in [0, 0.1) is 5.82 Å². The number of carbonyl (C=O) groups excluding carboxylic acids is 1. The van der Waals surface area contributed by atoms with Crippen LogP contribution in [0.25, 0.3) is 0 Å². The van der Waals surface area contributed by atoms with Crippen molar-refractivity contribution in [3.05, 3.63) is 53.8 Å². The maximum Gasteiger partial charge on any atom is 0.231 e. The first-order valence-corrected chi connectivity index (χ1v) is 7.02. The first kappa shape index (κ1) is 13.0. The van der Waals surface area contributed by atoms with E-state index < -0.39 is 0 Å². The van der Waals surface area contributed by atoms with E-state index in [1.807, 2.05) is 0 Å². The average molecular weight is 290 g/mol. The number of ether oxygens (including phenoxy) is 2. The standard InChI is InChI=1S/C15H11FO3S/c16-11-2-4-12(5-3-11)20-8-13(17)10-1-6-14-15(7-10)19-9-18-14/h1-7H,8-9H2. The number of carbonyl (C=O) groups is 1. The molecule has 3 rings (SSSR count). The lowest BCUT2D eigenvalue weighted by Gasteiger charge is -2.03. The predicted octanol–water partition coefficient (Wildman–Crippen LogP) is 3.53. The van der Waals surface area contributed by atoms with Gasteiger partial charge >= 0.3 is 0 Å². The minimum atomic E-state index is -0.281. The van der Waals surface area contributed by atoms with Crippen LogP contribution in [0.15, 0.2) is 47.4 Å². The molecule has 0 saturated heterocycles. The van der Waals surface area contributed by atoms with Crippen LogP contribution in [0.1, 0.15) is 10.4 Å². The lowest BCUT2D eigenvalue weighted by atomic mass is 10.1. The highest BCUT2D eigenvalue weighted by molar-refractivity contribution is 8.00. The topological polar surface area (TPSA) is 35.5 Å². The van der Waals surface area contributed by atoms with Crippen molar-refractivity contribution >= 4 is 17.5 Å². The molecule has 0 bridgehead atoms. The quantitative estimate of drug-likeness (QED) is 0.637. The summed E-state index contributed by atoms with van der Waals surface area (Å²) in [6.45, 7) is 0.192. The highest BCUT2D eigenvalue weighted by atomic mass is 32.2. The Kier molecular flexibility index (Phi) is 3.60. The average Bonchev–Trinajstić information content (AvgIpc) is 2.93. The molecule has 1 aliphatic rings. The summed E-state index contributed by atoms with van der Waals surface area (Å²) in [7, 11) is 0. The van der Waals surface area contributed by atoms with Crippen LogP contribution in [-0.2, 0) is 0 Å². The van der Waals surface area contributed by atoms with E-state index in [1.54, 1.807) is 30.3 Å². The molecule has 0 fully saturated rings. The third-order valence-electron chi connectivity index (χ3n) is 2.88. The summed E-state index contributed by atoms with van der Waals surface area (Å²) in [6.07, 6.45) is 0. The number of halogens is 1. The first-order chi connectivity index (χ1) is 9.72. The number of hydrogen-bond acceptors (Lipinski definition) is 4. The van der Waals surface area contributed by atoms with E-state index in [0.29, 0.717) is 22.8 Å². The van der Waals surface area contributed by atoms with Gasteiger partial charge in [-0.25, -0.2) is 4.39 Å². The van der Waals surface area contributed by atoms with Crippen LogP contribution in [0.3, 0.4) is 0 Å². The van der Waals surface area contributed by atoms with E-state index in [9.17, 15) is 9.18 Å². The summed E-state index contributed by atoms with van der Waals surface area (Å²) in [6, 6.07) is 11.2. The summed E-state index contributed by atoms with van der Waals surface area (Å²) in [4.78, 5) is 13.0. The van der Waals surface area contributed by atoms with Gasteiger partial charge in [0, 0.05) is 10.5 Å². The molecule has 5 heteroatoms. The number of ketones is 1. The maximum atomic E-state index is 12.8. The monoisotopic (exact) mass is 290 g/mol. The van der Waals surface area contributed by atoms with E-state index >= 15 is 0 Å². The Morgan fingerprint density at radius 3 is 2.65 bits per heavy atom. The number of thioether (sulfide) groups is 1. The number of hydrogen-bond donors (Lipinski definition) is 0. The SMILES string of the molecule is O=C(CSc1ccc(F)cc1)c1ccc2c(c1)OCO2. The third-order valence-corrected chi connectivity index (χ3v) is 3.89. The van der Waals surface area contributed by atoms with Crippen LogP contribution in [0.5, 0.6) is 11.5 Å². The molecule has 2 aromatic carbocycles. The van der Waals surface area contributed by atoms with E-state index in [0.717, 1.165) is 4.90 Å². The van der Waals surface area contributed by atoms with Crippen molar-refractivity contribution in [2.45, 2.75) is 4.90 Å². The lowest BCUT2D eigenvalue weighted by molar-refractivity contribution is 0.102. The van der Waals surface area contributed by atoms with Gasteiger partial charge in [-0.1, -0.05) is 0 Å². The van der Waals surface area contributed by atoms with Crippen molar-refractivity contribution in [1.82, 2.24) is 0 Å². The molecule has 0 N–H and O–H groups in total. The van der Waals surface area contributed by atoms with Crippen LogP contribution in [0.2, 0.25) is 0 Å². The zero-order valence-electron chi connectivity index (χ0n) is 10.5. The second kappa shape index (κ2) is 5.54. The molecule has 102 valence electrons. The summed E-state index contributed by atoms with van der Waals surface area (Å²) in [5.74, 6) is 1.27. The Morgan fingerprint density at radius 2 is 1.85 bits per heavy atom. The zero-order chi connectivity index (χ0) is 13.9. The third kappa shape index (κ3) is 2.77. The van der Waals surface area contributed by atoms with Gasteiger partial charge in [-0.2, -0.15) is 0 Å². The van der Waals surface area contributed by atoms with Crippen LogP contribution in [0.4, 0.5) is 4.39 Å². The molecule has 0 radical (unpaired) electrons. The van der Waals surface area contributed by atoms with E-state index in [4.69, 9.17) is 9.47 Å². The van der Waals surface area contributed by atoms with E-state index in [1.165, 1.54) is 23.9 Å². The lowest BCUT2D eigenvalue weighted by Crippen LogP contribution is -2.02. The van der Waals surface area contributed by atoms with Crippen molar-refractivity contribution < 1.29 is 18.7 Å². The Bertz CT molecular complexity index is 640. The summed E-state index contributed by atoms with van der Waals surface area (Å²) >= 11 is 1.38.